The van der Waals surface area contributed by atoms with Crippen LogP contribution < -0.4 is 20.7 Å². The van der Waals surface area contributed by atoms with E-state index in [0.29, 0.717) is 23.9 Å². The largest absolute Gasteiger partial charge is 0.490 e. The minimum atomic E-state index is -0.414. The van der Waals surface area contributed by atoms with E-state index >= 15 is 0 Å². The smallest absolute Gasteiger partial charge is 0.237 e. The van der Waals surface area contributed by atoms with Crippen LogP contribution in [0.3, 0.4) is 0 Å². The number of hydrogen-bond donors (Lipinski definition) is 2. The molecule has 3 N–H and O–H groups in total. The van der Waals surface area contributed by atoms with Crippen molar-refractivity contribution < 1.29 is 9.53 Å². The van der Waals surface area contributed by atoms with Crippen LogP contribution in [0.15, 0.2) is 6.33 Å². The molecule has 18 heavy (non-hydrogen) atoms. The second-order valence-electron chi connectivity index (χ2n) is 3.59. The molecule has 0 saturated heterocycles. The number of likely N-dealkylation sites (N-methyl/N-ethyl adjacent to an activating group) is 1. The van der Waals surface area contributed by atoms with E-state index in [1.807, 2.05) is 13.8 Å². The molecular formula is C11H19N5O2. The highest BCUT2D eigenvalue weighted by Crippen LogP contribution is 2.31. The normalized spacial score (nSPS) is 9.94. The molecular weight excluding hydrogens is 234 g/mol. The van der Waals surface area contributed by atoms with Gasteiger partial charge in [-0.15, -0.1) is 0 Å². The first-order valence-electron chi connectivity index (χ1n) is 5.80. The Morgan fingerprint density at radius 2 is 2.22 bits per heavy atom. The zero-order valence-corrected chi connectivity index (χ0v) is 10.9. The van der Waals surface area contributed by atoms with E-state index in [0.717, 1.165) is 6.54 Å². The zero-order valence-electron chi connectivity index (χ0n) is 10.9. The molecule has 0 saturated carbocycles. The predicted octanol–water partition coefficient (Wildman–Crippen LogP) is 0.229. The number of anilines is 2. The fraction of sp³-hybridized carbons (Fsp3) is 0.545. The van der Waals surface area contributed by atoms with E-state index in [1.165, 1.54) is 6.33 Å². The van der Waals surface area contributed by atoms with Crippen molar-refractivity contribution in [1.82, 2.24) is 9.97 Å². The predicted molar refractivity (Wildman–Crippen MR) is 69.8 cm³/mol. The van der Waals surface area contributed by atoms with Crippen LogP contribution in [-0.4, -0.2) is 42.6 Å². The van der Waals surface area contributed by atoms with Crippen molar-refractivity contribution in [2.75, 3.05) is 37.0 Å². The summed E-state index contributed by atoms with van der Waals surface area (Å²) in [5.41, 5.74) is 5.21. The highest BCUT2D eigenvalue weighted by atomic mass is 16.5. The van der Waals surface area contributed by atoms with Gasteiger partial charge in [0.2, 0.25) is 11.7 Å². The molecule has 1 amide bonds. The second kappa shape index (κ2) is 6.63. The Labute approximate surface area is 106 Å². The van der Waals surface area contributed by atoms with E-state index in [4.69, 9.17) is 10.5 Å². The number of ether oxygens (including phenoxy) is 1. The van der Waals surface area contributed by atoms with Crippen LogP contribution in [0.4, 0.5) is 11.6 Å². The molecule has 1 aromatic heterocycles. The van der Waals surface area contributed by atoms with Crippen molar-refractivity contribution in [3.8, 4) is 5.75 Å². The number of methoxy groups -OCH3 is 1. The van der Waals surface area contributed by atoms with Gasteiger partial charge in [0, 0.05) is 13.1 Å². The van der Waals surface area contributed by atoms with Gasteiger partial charge in [-0.2, -0.15) is 0 Å². The van der Waals surface area contributed by atoms with Gasteiger partial charge >= 0.3 is 0 Å². The summed E-state index contributed by atoms with van der Waals surface area (Å²) in [6.45, 7) is 5.28. The quantitative estimate of drug-likeness (QED) is 0.722. The number of carbonyl (C=O) groups is 1. The first-order chi connectivity index (χ1) is 8.63. The number of carbonyl (C=O) groups excluding carboxylic acids is 1. The Morgan fingerprint density at radius 3 is 2.72 bits per heavy atom. The summed E-state index contributed by atoms with van der Waals surface area (Å²) in [5.74, 6) is 1.27. The average molecular weight is 253 g/mol. The fourth-order valence-corrected chi connectivity index (χ4v) is 1.60. The molecule has 0 aliphatic heterocycles. The number of amides is 1. The monoisotopic (exact) mass is 253 g/mol. The number of nitrogens with zero attached hydrogens (tertiary/aromatic N) is 3. The average Bonchev–Trinajstić information content (AvgIpc) is 2.36. The van der Waals surface area contributed by atoms with Crippen molar-refractivity contribution >= 4 is 17.5 Å². The SMILES string of the molecule is CCNc1ncnc(N(CC)CC(N)=O)c1OC. The number of aromatic nitrogens is 2. The number of rotatable bonds is 7. The molecule has 1 rings (SSSR count). The van der Waals surface area contributed by atoms with Crippen molar-refractivity contribution in [2.24, 2.45) is 5.73 Å². The summed E-state index contributed by atoms with van der Waals surface area (Å²) >= 11 is 0. The van der Waals surface area contributed by atoms with Crippen LogP contribution in [0, 0.1) is 0 Å². The van der Waals surface area contributed by atoms with Gasteiger partial charge in [-0.3, -0.25) is 4.79 Å². The van der Waals surface area contributed by atoms with Crippen LogP contribution in [0.1, 0.15) is 13.8 Å². The van der Waals surface area contributed by atoms with E-state index in [1.54, 1.807) is 12.0 Å². The third kappa shape index (κ3) is 3.22. The van der Waals surface area contributed by atoms with Gasteiger partial charge in [-0.25, -0.2) is 9.97 Å². The molecule has 0 unspecified atom stereocenters. The standard InChI is InChI=1S/C11H19N5O2/c1-4-13-10-9(18-3)11(15-7-14-10)16(5-2)6-8(12)17/h7H,4-6H2,1-3H3,(H2,12,17)(H,13,14,15). The molecule has 0 bridgehead atoms. The highest BCUT2D eigenvalue weighted by molar-refractivity contribution is 5.80. The first kappa shape index (κ1) is 14.0. The molecule has 0 fully saturated rings. The summed E-state index contributed by atoms with van der Waals surface area (Å²) in [7, 11) is 1.54. The van der Waals surface area contributed by atoms with Gasteiger partial charge < -0.3 is 20.7 Å². The van der Waals surface area contributed by atoms with E-state index < -0.39 is 5.91 Å². The molecule has 0 spiro atoms. The van der Waals surface area contributed by atoms with Crippen LogP contribution >= 0.6 is 0 Å². The highest BCUT2D eigenvalue weighted by Gasteiger charge is 2.18. The fourth-order valence-electron chi connectivity index (χ4n) is 1.60. The molecule has 0 aliphatic rings. The summed E-state index contributed by atoms with van der Waals surface area (Å²) in [6.07, 6.45) is 1.43. The van der Waals surface area contributed by atoms with Crippen molar-refractivity contribution in [3.05, 3.63) is 6.33 Å². The Balaban J connectivity index is 3.12. The van der Waals surface area contributed by atoms with Crippen molar-refractivity contribution in [1.29, 1.82) is 0 Å². The van der Waals surface area contributed by atoms with Crippen LogP contribution in [0.25, 0.3) is 0 Å². The second-order valence-corrected chi connectivity index (χ2v) is 3.59. The summed E-state index contributed by atoms with van der Waals surface area (Å²) < 4.78 is 5.31. The molecule has 7 heteroatoms. The summed E-state index contributed by atoms with van der Waals surface area (Å²) in [5, 5.41) is 3.08. The molecule has 7 nitrogen and oxygen atoms in total. The molecule has 0 aliphatic carbocycles. The Bertz CT molecular complexity index is 410. The molecule has 0 atom stereocenters. The van der Waals surface area contributed by atoms with E-state index in [2.05, 4.69) is 15.3 Å². The van der Waals surface area contributed by atoms with Gasteiger partial charge in [-0.1, -0.05) is 0 Å². The molecule has 1 heterocycles. The van der Waals surface area contributed by atoms with Crippen LogP contribution in [-0.2, 0) is 4.79 Å². The first-order valence-corrected chi connectivity index (χ1v) is 5.80. The van der Waals surface area contributed by atoms with Crippen molar-refractivity contribution in [3.63, 3.8) is 0 Å². The molecule has 0 aromatic carbocycles. The Kier molecular flexibility index (Phi) is 5.16. The maximum absolute atomic E-state index is 11.0. The number of hydrogen-bond acceptors (Lipinski definition) is 6. The summed E-state index contributed by atoms with van der Waals surface area (Å²) in [4.78, 5) is 21.0. The van der Waals surface area contributed by atoms with Gasteiger partial charge in [0.05, 0.1) is 13.7 Å². The zero-order chi connectivity index (χ0) is 13.5. The third-order valence-corrected chi connectivity index (χ3v) is 2.36. The van der Waals surface area contributed by atoms with Crippen LogP contribution in [0.2, 0.25) is 0 Å². The van der Waals surface area contributed by atoms with E-state index in [9.17, 15) is 4.79 Å². The lowest BCUT2D eigenvalue weighted by Crippen LogP contribution is -2.34. The lowest BCUT2D eigenvalue weighted by atomic mass is 10.4. The Hall–Kier alpha value is -2.05. The topological polar surface area (TPSA) is 93.4 Å². The minimum Gasteiger partial charge on any atom is -0.490 e. The Morgan fingerprint density at radius 1 is 1.50 bits per heavy atom. The number of nitrogens with one attached hydrogen (secondary N) is 1. The summed E-state index contributed by atoms with van der Waals surface area (Å²) in [6, 6.07) is 0. The maximum atomic E-state index is 11.0. The van der Waals surface area contributed by atoms with Crippen LogP contribution in [0.5, 0.6) is 5.75 Å². The van der Waals surface area contributed by atoms with E-state index in [-0.39, 0.29) is 6.54 Å². The van der Waals surface area contributed by atoms with Gasteiger partial charge in [-0.05, 0) is 13.8 Å². The molecule has 100 valence electrons. The van der Waals surface area contributed by atoms with Gasteiger partial charge in [0.1, 0.15) is 6.33 Å². The molecule has 0 radical (unpaired) electrons. The molecule has 1 aromatic rings. The lowest BCUT2D eigenvalue weighted by Gasteiger charge is -2.23. The number of primary amides is 1. The van der Waals surface area contributed by atoms with Crippen molar-refractivity contribution in [2.45, 2.75) is 13.8 Å². The van der Waals surface area contributed by atoms with Gasteiger partial charge in [0.25, 0.3) is 0 Å². The lowest BCUT2D eigenvalue weighted by molar-refractivity contribution is -0.116. The van der Waals surface area contributed by atoms with Gasteiger partial charge in [0.15, 0.2) is 11.6 Å². The number of nitrogens with two attached hydrogens (primary N) is 1. The maximum Gasteiger partial charge on any atom is 0.237 e. The third-order valence-electron chi connectivity index (χ3n) is 2.36. The minimum absolute atomic E-state index is 0.0927.